The molecule has 1 saturated heterocycles. The van der Waals surface area contributed by atoms with Crippen LogP contribution >= 0.6 is 0 Å². The van der Waals surface area contributed by atoms with Crippen LogP contribution in [-0.4, -0.2) is 55.5 Å². The van der Waals surface area contributed by atoms with E-state index in [9.17, 15) is 13.2 Å². The van der Waals surface area contributed by atoms with Crippen LogP contribution in [0.4, 0.5) is 13.2 Å². The summed E-state index contributed by atoms with van der Waals surface area (Å²) in [6.07, 6.45) is -0.723. The second kappa shape index (κ2) is 6.20. The van der Waals surface area contributed by atoms with E-state index < -0.39 is 12.8 Å². The number of nitrogens with one attached hydrogen (secondary N) is 1. The molecule has 2 unspecified atom stereocenters. The molecule has 0 aromatic rings. The van der Waals surface area contributed by atoms with Crippen LogP contribution < -0.4 is 5.32 Å². The highest BCUT2D eigenvalue weighted by atomic mass is 19.4. The first-order chi connectivity index (χ1) is 9.35. The van der Waals surface area contributed by atoms with E-state index in [1.165, 1.54) is 12.8 Å². The van der Waals surface area contributed by atoms with Gasteiger partial charge < -0.3 is 10.1 Å². The zero-order chi connectivity index (χ0) is 14.8. The fourth-order valence-corrected chi connectivity index (χ4v) is 3.09. The van der Waals surface area contributed by atoms with Gasteiger partial charge >= 0.3 is 6.18 Å². The second-order valence-electron chi connectivity index (χ2n) is 6.23. The van der Waals surface area contributed by atoms with Gasteiger partial charge in [-0.1, -0.05) is 6.92 Å². The smallest absolute Gasteiger partial charge is 0.371 e. The second-order valence-corrected chi connectivity index (χ2v) is 6.23. The molecule has 6 heteroatoms. The van der Waals surface area contributed by atoms with E-state index in [4.69, 9.17) is 4.74 Å². The van der Waals surface area contributed by atoms with Gasteiger partial charge in [0.05, 0.1) is 6.61 Å². The quantitative estimate of drug-likeness (QED) is 0.761. The Bertz CT molecular complexity index is 320. The Balaban J connectivity index is 1.84. The summed E-state index contributed by atoms with van der Waals surface area (Å²) in [6, 6.07) is 0.435. The number of rotatable bonds is 6. The van der Waals surface area contributed by atoms with Crippen molar-refractivity contribution in [2.24, 2.45) is 5.92 Å². The molecule has 1 saturated carbocycles. The average molecular weight is 294 g/mol. The van der Waals surface area contributed by atoms with Crippen LogP contribution in [0.3, 0.4) is 0 Å². The van der Waals surface area contributed by atoms with Crippen LogP contribution in [0.5, 0.6) is 0 Å². The summed E-state index contributed by atoms with van der Waals surface area (Å²) in [5.41, 5.74) is 0.0766. The zero-order valence-corrected chi connectivity index (χ0v) is 12.3. The molecule has 0 aromatic heterocycles. The third-order valence-corrected chi connectivity index (χ3v) is 4.63. The van der Waals surface area contributed by atoms with Crippen molar-refractivity contribution < 1.29 is 17.9 Å². The number of hydrogen-bond donors (Lipinski definition) is 1. The first-order valence-corrected chi connectivity index (χ1v) is 7.48. The lowest BCUT2D eigenvalue weighted by Gasteiger charge is -2.48. The van der Waals surface area contributed by atoms with Crippen LogP contribution in [0, 0.1) is 5.92 Å². The monoisotopic (exact) mass is 294 g/mol. The fraction of sp³-hybridized carbons (Fsp3) is 1.00. The molecule has 2 fully saturated rings. The minimum atomic E-state index is -4.23. The van der Waals surface area contributed by atoms with E-state index in [1.54, 1.807) is 0 Å². The normalized spacial score (nSPS) is 32.5. The van der Waals surface area contributed by atoms with Gasteiger partial charge in [-0.25, -0.2) is 0 Å². The van der Waals surface area contributed by atoms with Crippen LogP contribution in [-0.2, 0) is 4.74 Å². The summed E-state index contributed by atoms with van der Waals surface area (Å²) in [5.74, 6) is 0.676. The van der Waals surface area contributed by atoms with Crippen molar-refractivity contribution in [3.05, 3.63) is 0 Å². The molecule has 1 heterocycles. The van der Waals surface area contributed by atoms with E-state index in [1.807, 2.05) is 0 Å². The highest BCUT2D eigenvalue weighted by Gasteiger charge is 2.47. The van der Waals surface area contributed by atoms with Crippen LogP contribution in [0.1, 0.15) is 33.1 Å². The molecule has 0 amide bonds. The van der Waals surface area contributed by atoms with Gasteiger partial charge in [0.15, 0.2) is 0 Å². The maximum atomic E-state index is 12.1. The average Bonchev–Trinajstić information content (AvgIpc) is 3.20. The Morgan fingerprint density at radius 1 is 1.35 bits per heavy atom. The van der Waals surface area contributed by atoms with E-state index >= 15 is 0 Å². The van der Waals surface area contributed by atoms with Gasteiger partial charge in [-0.15, -0.1) is 0 Å². The summed E-state index contributed by atoms with van der Waals surface area (Å²) in [6.45, 7) is 5.79. The zero-order valence-electron chi connectivity index (χ0n) is 12.3. The number of nitrogens with zero attached hydrogens (tertiary/aromatic N) is 1. The molecular formula is C14H25F3N2O. The molecule has 0 aromatic carbocycles. The Morgan fingerprint density at radius 3 is 2.60 bits per heavy atom. The molecule has 1 aliphatic heterocycles. The van der Waals surface area contributed by atoms with Crippen LogP contribution in [0.25, 0.3) is 0 Å². The summed E-state index contributed by atoms with van der Waals surface area (Å²) < 4.78 is 41.0. The third kappa shape index (κ3) is 4.09. The number of hydrogen-bond acceptors (Lipinski definition) is 3. The Kier molecular flexibility index (Phi) is 4.97. The molecule has 20 heavy (non-hydrogen) atoms. The molecular weight excluding hydrogens is 269 g/mol. The molecule has 2 atom stereocenters. The van der Waals surface area contributed by atoms with E-state index in [0.717, 1.165) is 19.5 Å². The fourth-order valence-electron chi connectivity index (χ4n) is 3.09. The van der Waals surface area contributed by atoms with Crippen molar-refractivity contribution in [1.29, 1.82) is 0 Å². The van der Waals surface area contributed by atoms with Crippen molar-refractivity contribution in [2.75, 3.05) is 32.8 Å². The SMILES string of the molecule is CCC1CN(CCOCC(F)(F)F)C(C)(C2CC2)CN1. The Morgan fingerprint density at radius 2 is 2.05 bits per heavy atom. The maximum Gasteiger partial charge on any atom is 0.411 e. The molecule has 3 nitrogen and oxygen atoms in total. The van der Waals surface area contributed by atoms with Crippen molar-refractivity contribution in [3.63, 3.8) is 0 Å². The van der Waals surface area contributed by atoms with Crippen molar-refractivity contribution >= 4 is 0 Å². The molecule has 118 valence electrons. The van der Waals surface area contributed by atoms with E-state index in [-0.39, 0.29) is 12.1 Å². The van der Waals surface area contributed by atoms with Gasteiger partial charge in [0.25, 0.3) is 0 Å². The van der Waals surface area contributed by atoms with Gasteiger partial charge in [0.2, 0.25) is 0 Å². The lowest BCUT2D eigenvalue weighted by Crippen LogP contribution is -2.64. The van der Waals surface area contributed by atoms with Gasteiger partial charge in [0, 0.05) is 31.2 Å². The molecule has 1 aliphatic carbocycles. The standard InChI is InChI=1S/C14H25F3N2O/c1-3-12-8-19(6-7-20-10-14(15,16)17)13(2,9-18-12)11-4-5-11/h11-12,18H,3-10H2,1-2H3. The predicted octanol–water partition coefficient (Wildman–Crippen LogP) is 2.42. The van der Waals surface area contributed by atoms with Crippen molar-refractivity contribution in [3.8, 4) is 0 Å². The first-order valence-electron chi connectivity index (χ1n) is 7.48. The molecule has 1 N–H and O–H groups in total. The lowest BCUT2D eigenvalue weighted by atomic mass is 9.89. The van der Waals surface area contributed by atoms with Crippen molar-refractivity contribution in [1.82, 2.24) is 10.2 Å². The van der Waals surface area contributed by atoms with Crippen LogP contribution in [0.15, 0.2) is 0 Å². The van der Waals surface area contributed by atoms with Crippen LogP contribution in [0.2, 0.25) is 0 Å². The Hall–Kier alpha value is -0.330. The number of piperazine rings is 1. The van der Waals surface area contributed by atoms with Crippen molar-refractivity contribution in [2.45, 2.75) is 50.9 Å². The number of halogens is 3. The topological polar surface area (TPSA) is 24.5 Å². The van der Waals surface area contributed by atoms with Gasteiger partial charge in [-0.3, -0.25) is 4.90 Å². The first kappa shape index (κ1) is 16.0. The minimum Gasteiger partial charge on any atom is -0.371 e. The minimum absolute atomic E-state index is 0.0766. The lowest BCUT2D eigenvalue weighted by molar-refractivity contribution is -0.175. The molecule has 0 radical (unpaired) electrons. The molecule has 2 aliphatic rings. The maximum absolute atomic E-state index is 12.1. The van der Waals surface area contributed by atoms with Gasteiger partial charge in [0.1, 0.15) is 6.61 Å². The van der Waals surface area contributed by atoms with E-state index in [2.05, 4.69) is 24.1 Å². The number of alkyl halides is 3. The molecule has 2 rings (SSSR count). The van der Waals surface area contributed by atoms with Gasteiger partial charge in [-0.2, -0.15) is 13.2 Å². The third-order valence-electron chi connectivity index (χ3n) is 4.63. The van der Waals surface area contributed by atoms with E-state index in [0.29, 0.717) is 18.5 Å². The largest absolute Gasteiger partial charge is 0.411 e. The predicted molar refractivity (Wildman–Crippen MR) is 71.7 cm³/mol. The summed E-state index contributed by atoms with van der Waals surface area (Å²) in [4.78, 5) is 2.34. The summed E-state index contributed by atoms with van der Waals surface area (Å²) in [5, 5.41) is 3.56. The van der Waals surface area contributed by atoms with Gasteiger partial charge in [-0.05, 0) is 32.1 Å². The highest BCUT2D eigenvalue weighted by Crippen LogP contribution is 2.43. The Labute approximate surface area is 118 Å². The molecule has 0 spiro atoms. The summed E-state index contributed by atoms with van der Waals surface area (Å²) >= 11 is 0. The molecule has 0 bridgehead atoms. The highest BCUT2D eigenvalue weighted by molar-refractivity contribution is 5.04. The number of ether oxygens (including phenoxy) is 1. The summed E-state index contributed by atoms with van der Waals surface area (Å²) in [7, 11) is 0.